The molecule has 0 fully saturated rings. The van der Waals surface area contributed by atoms with E-state index in [1.807, 2.05) is 56.3 Å². The van der Waals surface area contributed by atoms with Gasteiger partial charge in [0.25, 0.3) is 0 Å². The number of nitrogens with zero attached hydrogens (tertiary/aromatic N) is 1. The highest BCUT2D eigenvalue weighted by Crippen LogP contribution is 2.20. The van der Waals surface area contributed by atoms with E-state index in [-0.39, 0.29) is 6.61 Å². The first-order chi connectivity index (χ1) is 15.3. The van der Waals surface area contributed by atoms with Crippen LogP contribution in [0.5, 0.6) is 5.75 Å². The van der Waals surface area contributed by atoms with Crippen molar-refractivity contribution in [3.8, 4) is 5.75 Å². The molecule has 0 heterocycles. The van der Waals surface area contributed by atoms with Gasteiger partial charge in [0.15, 0.2) is 12.5 Å². The zero-order valence-corrected chi connectivity index (χ0v) is 19.7. The predicted octanol–water partition coefficient (Wildman–Crippen LogP) is 4.95. The molecule has 1 N–H and O–H groups in total. The second kappa shape index (κ2) is 12.6. The molecule has 2 aromatic rings. The fraction of sp³-hybridized carbons (Fsp3) is 0.280. The molecule has 6 nitrogen and oxygen atoms in total. The number of benzene rings is 2. The predicted molar refractivity (Wildman–Crippen MR) is 129 cm³/mol. The minimum absolute atomic E-state index is 0.144. The molecular formula is C25H29ClN2O4. The number of esters is 1. The number of hydrogen-bond donors (Lipinski definition) is 1. The van der Waals surface area contributed by atoms with Crippen LogP contribution in [0.4, 0.5) is 0 Å². The maximum atomic E-state index is 11.3. The third kappa shape index (κ3) is 8.12. The molecule has 0 unspecified atom stereocenters. The van der Waals surface area contributed by atoms with E-state index >= 15 is 0 Å². The molecule has 0 saturated carbocycles. The van der Waals surface area contributed by atoms with Gasteiger partial charge in [-0.25, -0.2) is 4.79 Å². The summed E-state index contributed by atoms with van der Waals surface area (Å²) < 4.78 is 15.2. The van der Waals surface area contributed by atoms with Gasteiger partial charge in [0.1, 0.15) is 11.6 Å². The van der Waals surface area contributed by atoms with Crippen LogP contribution in [0.15, 0.2) is 66.0 Å². The van der Waals surface area contributed by atoms with Gasteiger partial charge in [0.2, 0.25) is 0 Å². The van der Waals surface area contributed by atoms with E-state index in [9.17, 15) is 4.79 Å². The molecule has 170 valence electrons. The van der Waals surface area contributed by atoms with E-state index < -0.39 is 5.97 Å². The number of rotatable bonds is 10. The summed E-state index contributed by atoms with van der Waals surface area (Å²) in [5, 5.41) is 3.81. The Balaban J connectivity index is 2.17. The molecule has 0 aliphatic rings. The van der Waals surface area contributed by atoms with E-state index in [0.717, 1.165) is 28.1 Å². The molecule has 0 bridgehead atoms. The van der Waals surface area contributed by atoms with Crippen molar-refractivity contribution in [3.05, 3.63) is 82.7 Å². The Labute approximate surface area is 194 Å². The Morgan fingerprint density at radius 2 is 1.97 bits per heavy atom. The lowest BCUT2D eigenvalue weighted by Crippen LogP contribution is -2.22. The summed E-state index contributed by atoms with van der Waals surface area (Å²) >= 11 is 6.04. The van der Waals surface area contributed by atoms with Crippen LogP contribution in [0.1, 0.15) is 23.6 Å². The van der Waals surface area contributed by atoms with Crippen LogP contribution in [0.25, 0.3) is 5.57 Å². The molecular weight excluding hydrogens is 428 g/mol. The quantitative estimate of drug-likeness (QED) is 0.237. The summed E-state index contributed by atoms with van der Waals surface area (Å²) in [7, 11) is 2.87. The molecule has 0 aromatic heterocycles. The first-order valence-corrected chi connectivity index (χ1v) is 10.5. The molecule has 7 heteroatoms. The maximum absolute atomic E-state index is 11.3. The standard InChI is InChI=1S/C25H29ClN2O4/c1-17-13-22(26)10-9-20(17)11-12-27-24(28-19(3)30-4)14-18(2)21-7-6-8-23(15-21)32-16-25(29)31-5/h6-10,13-15H,3,11-12,16H2,1-2,4-5H3,(H,27,28)/b18-14+. The summed E-state index contributed by atoms with van der Waals surface area (Å²) in [5.74, 6) is 1.16. The number of carbonyl (C=O) groups is 1. The zero-order valence-electron chi connectivity index (χ0n) is 18.9. The summed E-state index contributed by atoms with van der Waals surface area (Å²) in [6, 6.07) is 13.3. The van der Waals surface area contributed by atoms with E-state index in [2.05, 4.69) is 16.6 Å². The van der Waals surface area contributed by atoms with Crippen molar-refractivity contribution in [2.24, 2.45) is 4.99 Å². The van der Waals surface area contributed by atoms with E-state index in [1.54, 1.807) is 13.2 Å². The van der Waals surface area contributed by atoms with Crippen molar-refractivity contribution in [1.82, 2.24) is 5.32 Å². The molecule has 0 aliphatic heterocycles. The average molecular weight is 457 g/mol. The second-order valence-electron chi connectivity index (χ2n) is 7.06. The minimum atomic E-state index is -0.435. The molecule has 2 rings (SSSR count). The highest BCUT2D eigenvalue weighted by Gasteiger charge is 2.06. The Bertz CT molecular complexity index is 1010. The van der Waals surface area contributed by atoms with Crippen LogP contribution in [-0.4, -0.2) is 39.2 Å². The number of allylic oxidation sites excluding steroid dienone is 1. The number of aliphatic imine (C=N–C) groups is 1. The lowest BCUT2D eigenvalue weighted by molar-refractivity contribution is -0.142. The summed E-state index contributed by atoms with van der Waals surface area (Å²) in [6.45, 7) is 8.26. The number of hydrogen-bond acceptors (Lipinski definition) is 5. The third-order valence-electron chi connectivity index (χ3n) is 4.71. The topological polar surface area (TPSA) is 69.2 Å². The second-order valence-corrected chi connectivity index (χ2v) is 7.50. The summed E-state index contributed by atoms with van der Waals surface area (Å²) in [4.78, 5) is 16.0. The Morgan fingerprint density at radius 1 is 1.19 bits per heavy atom. The number of carbonyl (C=O) groups excluding carboxylic acids is 1. The molecule has 0 saturated heterocycles. The van der Waals surface area contributed by atoms with Crippen LogP contribution in [-0.2, 0) is 20.7 Å². The van der Waals surface area contributed by atoms with Crippen molar-refractivity contribution in [1.29, 1.82) is 0 Å². The monoisotopic (exact) mass is 456 g/mol. The molecule has 2 aromatic carbocycles. The lowest BCUT2D eigenvalue weighted by atomic mass is 10.1. The van der Waals surface area contributed by atoms with Gasteiger partial charge in [-0.2, -0.15) is 0 Å². The van der Waals surface area contributed by atoms with Gasteiger partial charge in [-0.1, -0.05) is 29.8 Å². The van der Waals surface area contributed by atoms with Crippen LogP contribution in [0.2, 0.25) is 5.02 Å². The van der Waals surface area contributed by atoms with Crippen LogP contribution in [0, 0.1) is 6.92 Å². The van der Waals surface area contributed by atoms with Gasteiger partial charge in [-0.3, -0.25) is 4.99 Å². The van der Waals surface area contributed by atoms with Crippen molar-refractivity contribution in [2.45, 2.75) is 20.3 Å². The van der Waals surface area contributed by atoms with Crippen molar-refractivity contribution in [3.63, 3.8) is 0 Å². The summed E-state index contributed by atoms with van der Waals surface area (Å²) in [6.07, 6.45) is 2.69. The fourth-order valence-electron chi connectivity index (χ4n) is 2.87. The molecule has 0 radical (unpaired) electrons. The number of methoxy groups -OCH3 is 2. The molecule has 0 aliphatic carbocycles. The van der Waals surface area contributed by atoms with Gasteiger partial charge in [-0.05, 0) is 79.5 Å². The lowest BCUT2D eigenvalue weighted by Gasteiger charge is -2.11. The molecule has 0 amide bonds. The third-order valence-corrected chi connectivity index (χ3v) is 4.94. The Hall–Kier alpha value is -3.25. The fourth-order valence-corrected chi connectivity index (χ4v) is 3.10. The van der Waals surface area contributed by atoms with Crippen LogP contribution in [0.3, 0.4) is 0 Å². The molecule has 0 atom stereocenters. The highest BCUT2D eigenvalue weighted by molar-refractivity contribution is 6.30. The van der Waals surface area contributed by atoms with E-state index in [4.69, 9.17) is 26.1 Å². The van der Waals surface area contributed by atoms with E-state index in [0.29, 0.717) is 24.0 Å². The number of nitrogens with one attached hydrogen (secondary N) is 1. The zero-order chi connectivity index (χ0) is 23.5. The SMILES string of the molecule is C=C(NC(/C=C(\C)c1cccc(OCC(=O)OC)c1)=NCCc1ccc(Cl)cc1C)OC. The smallest absolute Gasteiger partial charge is 0.343 e. The van der Waals surface area contributed by atoms with Gasteiger partial charge >= 0.3 is 5.97 Å². The first-order valence-electron chi connectivity index (χ1n) is 10.1. The maximum Gasteiger partial charge on any atom is 0.343 e. The normalized spacial score (nSPS) is 11.7. The number of ether oxygens (including phenoxy) is 3. The number of halogens is 1. The largest absolute Gasteiger partial charge is 0.483 e. The van der Waals surface area contributed by atoms with Crippen molar-refractivity contribution >= 4 is 29.0 Å². The Kier molecular flexibility index (Phi) is 9.82. The number of aryl methyl sites for hydroxylation is 1. The molecule has 32 heavy (non-hydrogen) atoms. The minimum Gasteiger partial charge on any atom is -0.483 e. The van der Waals surface area contributed by atoms with Crippen LogP contribution < -0.4 is 10.1 Å². The first kappa shape index (κ1) is 25.0. The average Bonchev–Trinajstić information content (AvgIpc) is 2.78. The van der Waals surface area contributed by atoms with Crippen molar-refractivity contribution < 1.29 is 19.0 Å². The van der Waals surface area contributed by atoms with Gasteiger partial charge in [0, 0.05) is 11.6 Å². The van der Waals surface area contributed by atoms with Gasteiger partial charge in [0.05, 0.1) is 14.2 Å². The highest BCUT2D eigenvalue weighted by atomic mass is 35.5. The van der Waals surface area contributed by atoms with Gasteiger partial charge in [-0.15, -0.1) is 0 Å². The van der Waals surface area contributed by atoms with Gasteiger partial charge < -0.3 is 19.5 Å². The van der Waals surface area contributed by atoms with Crippen LogP contribution >= 0.6 is 11.6 Å². The number of amidine groups is 1. The Morgan fingerprint density at radius 3 is 2.66 bits per heavy atom. The summed E-state index contributed by atoms with van der Waals surface area (Å²) in [5.41, 5.74) is 4.21. The van der Waals surface area contributed by atoms with E-state index in [1.165, 1.54) is 12.7 Å². The molecule has 0 spiro atoms. The van der Waals surface area contributed by atoms with Crippen molar-refractivity contribution in [2.75, 3.05) is 27.4 Å².